The van der Waals surface area contributed by atoms with E-state index in [-0.39, 0.29) is 0 Å². The van der Waals surface area contributed by atoms with E-state index in [1.807, 2.05) is 11.8 Å². The second-order valence-electron chi connectivity index (χ2n) is 7.77. The quantitative estimate of drug-likeness (QED) is 0.708. The van der Waals surface area contributed by atoms with E-state index in [9.17, 15) is 8.42 Å². The first kappa shape index (κ1) is 20.2. The number of nitrogens with one attached hydrogen (secondary N) is 2. The van der Waals surface area contributed by atoms with Crippen LogP contribution in [-0.2, 0) is 16.4 Å². The molecule has 2 aromatic rings. The zero-order valence-corrected chi connectivity index (χ0v) is 18.6. The van der Waals surface area contributed by atoms with Crippen molar-refractivity contribution in [1.29, 1.82) is 0 Å². The topological polar surface area (TPSA) is 71.1 Å². The first-order chi connectivity index (χ1) is 13.5. The summed E-state index contributed by atoms with van der Waals surface area (Å²) in [5.41, 5.74) is 2.42. The van der Waals surface area contributed by atoms with Crippen LogP contribution in [0.2, 0.25) is 0 Å². The van der Waals surface area contributed by atoms with Crippen LogP contribution in [0.4, 0.5) is 5.13 Å². The summed E-state index contributed by atoms with van der Waals surface area (Å²) < 4.78 is 25.2. The monoisotopic (exact) mass is 437 g/mol. The van der Waals surface area contributed by atoms with Gasteiger partial charge in [-0.15, -0.1) is 23.1 Å². The Morgan fingerprint density at radius 2 is 1.82 bits per heavy atom. The smallest absolute Gasteiger partial charge is 0.208 e. The Morgan fingerprint density at radius 3 is 2.57 bits per heavy atom. The van der Waals surface area contributed by atoms with Gasteiger partial charge in [0.05, 0.1) is 11.9 Å². The van der Waals surface area contributed by atoms with Crippen LogP contribution in [0, 0.1) is 11.8 Å². The number of thiazole rings is 1. The van der Waals surface area contributed by atoms with E-state index in [1.165, 1.54) is 21.6 Å². The molecular formula is C20H27N3O2S3. The number of thioether (sulfide) groups is 1. The molecule has 1 saturated carbocycles. The molecule has 4 rings (SSSR count). The van der Waals surface area contributed by atoms with Gasteiger partial charge in [-0.1, -0.05) is 18.2 Å². The minimum Gasteiger partial charge on any atom is -0.361 e. The molecule has 0 atom stereocenters. The molecule has 2 N–H and O–H groups in total. The fraction of sp³-hybridized carbons (Fsp3) is 0.550. The van der Waals surface area contributed by atoms with Crippen molar-refractivity contribution < 1.29 is 8.42 Å². The summed E-state index contributed by atoms with van der Waals surface area (Å²) in [7, 11) is -3.08. The van der Waals surface area contributed by atoms with E-state index < -0.39 is 10.0 Å². The highest BCUT2D eigenvalue weighted by atomic mass is 32.2. The van der Waals surface area contributed by atoms with E-state index in [0.29, 0.717) is 18.4 Å². The first-order valence-electron chi connectivity index (χ1n) is 9.88. The molecule has 1 aromatic carbocycles. The molecule has 2 heterocycles. The van der Waals surface area contributed by atoms with Gasteiger partial charge in [0.15, 0.2) is 5.13 Å². The summed E-state index contributed by atoms with van der Waals surface area (Å²) in [4.78, 5) is 7.64. The average Bonchev–Trinajstić information content (AvgIpc) is 3.00. The van der Waals surface area contributed by atoms with Gasteiger partial charge in [-0.2, -0.15) is 0 Å². The highest BCUT2D eigenvalue weighted by Crippen LogP contribution is 2.40. The van der Waals surface area contributed by atoms with Crippen LogP contribution in [0.3, 0.4) is 0 Å². The zero-order valence-electron chi connectivity index (χ0n) is 16.1. The Bertz CT molecular complexity index is 919. The lowest BCUT2D eigenvalue weighted by Gasteiger charge is -2.28. The van der Waals surface area contributed by atoms with Crippen molar-refractivity contribution in [2.24, 2.45) is 11.8 Å². The van der Waals surface area contributed by atoms with Gasteiger partial charge in [-0.05, 0) is 50.0 Å². The number of nitrogens with zero attached hydrogens (tertiary/aromatic N) is 1. The summed E-state index contributed by atoms with van der Waals surface area (Å²) in [6, 6.07) is 8.57. The van der Waals surface area contributed by atoms with Crippen LogP contribution in [-0.4, -0.2) is 38.5 Å². The van der Waals surface area contributed by atoms with Crippen molar-refractivity contribution in [3.8, 4) is 11.3 Å². The Hall–Kier alpha value is -1.09. The van der Waals surface area contributed by atoms with Crippen molar-refractivity contribution in [3.05, 3.63) is 29.1 Å². The fourth-order valence-corrected chi connectivity index (χ4v) is 6.66. The van der Waals surface area contributed by atoms with Gasteiger partial charge < -0.3 is 5.32 Å². The second kappa shape index (κ2) is 8.73. The fourth-order valence-electron chi connectivity index (χ4n) is 3.99. The van der Waals surface area contributed by atoms with E-state index in [0.717, 1.165) is 55.2 Å². The molecule has 0 radical (unpaired) electrons. The molecule has 8 heteroatoms. The molecular weight excluding hydrogens is 410 g/mol. The van der Waals surface area contributed by atoms with Crippen molar-refractivity contribution in [1.82, 2.24) is 9.71 Å². The van der Waals surface area contributed by atoms with E-state index >= 15 is 0 Å². The van der Waals surface area contributed by atoms with Gasteiger partial charge in [0.25, 0.3) is 0 Å². The van der Waals surface area contributed by atoms with Gasteiger partial charge in [0.1, 0.15) is 0 Å². The number of hydrogen-bond donors (Lipinski definition) is 2. The first-order valence-corrected chi connectivity index (χ1v) is 13.6. The van der Waals surface area contributed by atoms with Crippen LogP contribution < -0.4 is 10.0 Å². The van der Waals surface area contributed by atoms with Gasteiger partial charge in [0.2, 0.25) is 10.0 Å². The minimum atomic E-state index is -3.08. The molecule has 0 amide bonds. The Balaban J connectivity index is 1.32. The third-order valence-electron chi connectivity index (χ3n) is 5.57. The number of anilines is 1. The van der Waals surface area contributed by atoms with Crippen molar-refractivity contribution >= 4 is 38.3 Å². The van der Waals surface area contributed by atoms with Crippen LogP contribution in [0.5, 0.6) is 0 Å². The number of aromatic nitrogens is 1. The number of fused-ring (bicyclic) bond motifs is 3. The number of benzene rings is 1. The maximum Gasteiger partial charge on any atom is 0.208 e. The predicted molar refractivity (Wildman–Crippen MR) is 119 cm³/mol. The molecule has 1 fully saturated rings. The molecule has 0 spiro atoms. The summed E-state index contributed by atoms with van der Waals surface area (Å²) >= 11 is 3.72. The van der Waals surface area contributed by atoms with Crippen LogP contribution in [0.15, 0.2) is 29.2 Å². The van der Waals surface area contributed by atoms with Crippen molar-refractivity contribution in [2.75, 3.05) is 30.4 Å². The third kappa shape index (κ3) is 5.09. The van der Waals surface area contributed by atoms with Crippen molar-refractivity contribution in [3.63, 3.8) is 0 Å². The third-order valence-corrected chi connectivity index (χ3v) is 8.41. The molecule has 1 aliphatic heterocycles. The molecule has 5 nitrogen and oxygen atoms in total. The Morgan fingerprint density at radius 1 is 1.11 bits per heavy atom. The van der Waals surface area contributed by atoms with Gasteiger partial charge in [-0.25, -0.2) is 18.1 Å². The maximum absolute atomic E-state index is 11.3. The molecule has 0 saturated heterocycles. The van der Waals surface area contributed by atoms with E-state index in [1.54, 1.807) is 11.3 Å². The van der Waals surface area contributed by atoms with Crippen molar-refractivity contribution in [2.45, 2.75) is 37.0 Å². The average molecular weight is 438 g/mol. The number of rotatable bonds is 6. The standard InChI is InChI=1S/C20H27N3O2S3/c1-28(24,25)22-13-15-8-6-14(7-9-15)12-21-20-23-19-16-4-2-3-5-17(16)26-11-10-18(19)27-20/h2-5,14-15,22H,6-13H2,1H3,(H,21,23). The molecule has 0 bridgehead atoms. The van der Waals surface area contributed by atoms with Crippen LogP contribution in [0.25, 0.3) is 11.3 Å². The molecule has 1 aliphatic carbocycles. The number of hydrogen-bond acceptors (Lipinski definition) is 6. The molecule has 28 heavy (non-hydrogen) atoms. The minimum absolute atomic E-state index is 0.468. The highest BCUT2D eigenvalue weighted by Gasteiger charge is 2.23. The second-order valence-corrected chi connectivity index (χ2v) is 11.8. The summed E-state index contributed by atoms with van der Waals surface area (Å²) in [6.45, 7) is 1.53. The van der Waals surface area contributed by atoms with E-state index in [4.69, 9.17) is 4.98 Å². The zero-order chi connectivity index (χ0) is 19.6. The van der Waals surface area contributed by atoms with Gasteiger partial charge in [0, 0.05) is 34.2 Å². The highest BCUT2D eigenvalue weighted by molar-refractivity contribution is 7.99. The lowest BCUT2D eigenvalue weighted by molar-refractivity contribution is 0.284. The lowest BCUT2D eigenvalue weighted by atomic mass is 9.82. The lowest BCUT2D eigenvalue weighted by Crippen LogP contribution is -2.31. The Kier molecular flexibility index (Phi) is 6.30. The molecule has 2 aliphatic rings. The maximum atomic E-state index is 11.3. The Labute approximate surface area is 175 Å². The summed E-state index contributed by atoms with van der Waals surface area (Å²) in [5, 5.41) is 4.62. The molecule has 152 valence electrons. The van der Waals surface area contributed by atoms with Crippen LogP contribution in [0.1, 0.15) is 30.6 Å². The van der Waals surface area contributed by atoms with Crippen LogP contribution >= 0.6 is 23.1 Å². The van der Waals surface area contributed by atoms with Gasteiger partial charge in [-0.3, -0.25) is 0 Å². The largest absolute Gasteiger partial charge is 0.361 e. The van der Waals surface area contributed by atoms with Gasteiger partial charge >= 0.3 is 0 Å². The summed E-state index contributed by atoms with van der Waals surface area (Å²) in [5.74, 6) is 2.22. The molecule has 1 aromatic heterocycles. The molecule has 0 unspecified atom stereocenters. The predicted octanol–water partition coefficient (Wildman–Crippen LogP) is 4.23. The summed E-state index contributed by atoms with van der Waals surface area (Å²) in [6.07, 6.45) is 6.78. The van der Waals surface area contributed by atoms with E-state index in [2.05, 4.69) is 34.3 Å². The SMILES string of the molecule is CS(=O)(=O)NCC1CCC(CNc2nc3c(s2)CCSc2ccccc2-3)CC1. The number of sulfonamides is 1. The normalized spacial score (nSPS) is 22.2. The number of aryl methyl sites for hydroxylation is 1.